The van der Waals surface area contributed by atoms with E-state index < -0.39 is 24.9 Å². The van der Waals surface area contributed by atoms with E-state index in [-0.39, 0.29) is 0 Å². The highest BCUT2D eigenvalue weighted by Gasteiger charge is 2.21. The van der Waals surface area contributed by atoms with Crippen LogP contribution in [0, 0.1) is 0 Å². The zero-order valence-electron chi connectivity index (χ0n) is 6.19. The van der Waals surface area contributed by atoms with Gasteiger partial charge in [0, 0.05) is 7.11 Å². The molecular formula is C6H14O4. The van der Waals surface area contributed by atoms with E-state index in [0.717, 1.165) is 0 Å². The zero-order chi connectivity index (χ0) is 8.15. The van der Waals surface area contributed by atoms with Crippen LogP contribution in [0.5, 0.6) is 0 Å². The molecule has 0 spiro atoms. The quantitative estimate of drug-likeness (QED) is 0.467. The minimum absolute atomic E-state index is 0.450. The van der Waals surface area contributed by atoms with Crippen molar-refractivity contribution in [3.63, 3.8) is 0 Å². The van der Waals surface area contributed by atoms with Crippen LogP contribution in [0.15, 0.2) is 0 Å². The second-order valence-corrected chi connectivity index (χ2v) is 2.18. The van der Waals surface area contributed by atoms with E-state index in [2.05, 4.69) is 0 Å². The fourth-order valence-corrected chi connectivity index (χ4v) is 0.560. The van der Waals surface area contributed by atoms with Crippen LogP contribution in [-0.2, 0) is 4.74 Å². The Hall–Kier alpha value is -0.160. The molecule has 10 heavy (non-hydrogen) atoms. The third-order valence-corrected chi connectivity index (χ3v) is 1.43. The number of rotatable bonds is 4. The van der Waals surface area contributed by atoms with Crippen LogP contribution in [0.4, 0.5) is 0 Å². The summed E-state index contributed by atoms with van der Waals surface area (Å²) in [6.07, 6.45) is -2.59. The molecule has 3 atom stereocenters. The van der Waals surface area contributed by atoms with Gasteiger partial charge in [0.25, 0.3) is 0 Å². The third kappa shape index (κ3) is 2.62. The van der Waals surface area contributed by atoms with Gasteiger partial charge >= 0.3 is 0 Å². The van der Waals surface area contributed by atoms with Crippen LogP contribution in [-0.4, -0.2) is 47.3 Å². The molecule has 4 heteroatoms. The summed E-state index contributed by atoms with van der Waals surface area (Å²) in [6.45, 7) is 1.17. The summed E-state index contributed by atoms with van der Waals surface area (Å²) in [6, 6.07) is 0. The van der Waals surface area contributed by atoms with E-state index in [9.17, 15) is 0 Å². The van der Waals surface area contributed by atoms with Crippen molar-refractivity contribution in [3.8, 4) is 0 Å². The summed E-state index contributed by atoms with van der Waals surface area (Å²) in [5.74, 6) is 0. The number of methoxy groups -OCH3 is 1. The molecule has 0 aliphatic heterocycles. The van der Waals surface area contributed by atoms with Gasteiger partial charge in [-0.3, -0.25) is 0 Å². The van der Waals surface area contributed by atoms with Gasteiger partial charge in [0.1, 0.15) is 12.2 Å². The average molecular weight is 150 g/mol. The molecular weight excluding hydrogens is 136 g/mol. The van der Waals surface area contributed by atoms with Gasteiger partial charge in [-0.05, 0) is 6.92 Å². The Morgan fingerprint density at radius 2 is 1.90 bits per heavy atom. The molecule has 0 radical (unpaired) electrons. The predicted molar refractivity (Wildman–Crippen MR) is 35.6 cm³/mol. The number of hydrogen-bond acceptors (Lipinski definition) is 4. The number of ether oxygens (including phenoxy) is 1. The van der Waals surface area contributed by atoms with Crippen molar-refractivity contribution in [2.75, 3.05) is 13.7 Å². The van der Waals surface area contributed by atoms with Gasteiger partial charge in [0.05, 0.1) is 12.7 Å². The van der Waals surface area contributed by atoms with E-state index in [0.29, 0.717) is 0 Å². The number of aliphatic hydroxyl groups is 3. The molecule has 62 valence electrons. The third-order valence-electron chi connectivity index (χ3n) is 1.43. The fraction of sp³-hybridized carbons (Fsp3) is 1.00. The predicted octanol–water partition coefficient (Wildman–Crippen LogP) is -1.26. The maximum atomic E-state index is 9.05. The number of hydrogen-bond donors (Lipinski definition) is 3. The lowest BCUT2D eigenvalue weighted by Gasteiger charge is -2.20. The Morgan fingerprint density at radius 1 is 1.40 bits per heavy atom. The monoisotopic (exact) mass is 150 g/mol. The lowest BCUT2D eigenvalue weighted by Crippen LogP contribution is -2.38. The van der Waals surface area contributed by atoms with Crippen molar-refractivity contribution in [2.24, 2.45) is 0 Å². The molecule has 0 saturated heterocycles. The van der Waals surface area contributed by atoms with Gasteiger partial charge in [-0.1, -0.05) is 0 Å². The maximum Gasteiger partial charge on any atom is 0.108 e. The molecule has 0 aliphatic carbocycles. The van der Waals surface area contributed by atoms with Gasteiger partial charge in [0.2, 0.25) is 0 Å². The first-order valence-electron chi connectivity index (χ1n) is 3.13. The van der Waals surface area contributed by atoms with E-state index in [1.54, 1.807) is 6.92 Å². The molecule has 0 fully saturated rings. The van der Waals surface area contributed by atoms with E-state index in [1.165, 1.54) is 7.11 Å². The average Bonchev–Trinajstić information content (AvgIpc) is 2.00. The highest BCUT2D eigenvalue weighted by atomic mass is 16.5. The van der Waals surface area contributed by atoms with Crippen LogP contribution in [0.1, 0.15) is 6.92 Å². The van der Waals surface area contributed by atoms with E-state index in [4.69, 9.17) is 20.1 Å². The second-order valence-electron chi connectivity index (χ2n) is 2.18. The van der Waals surface area contributed by atoms with Gasteiger partial charge in [-0.15, -0.1) is 0 Å². The van der Waals surface area contributed by atoms with Crippen molar-refractivity contribution >= 4 is 0 Å². The Morgan fingerprint density at radius 3 is 2.20 bits per heavy atom. The zero-order valence-corrected chi connectivity index (χ0v) is 6.19. The smallest absolute Gasteiger partial charge is 0.108 e. The molecule has 4 nitrogen and oxygen atoms in total. The molecule has 0 aromatic carbocycles. The van der Waals surface area contributed by atoms with Crippen molar-refractivity contribution in [3.05, 3.63) is 0 Å². The van der Waals surface area contributed by atoms with Crippen molar-refractivity contribution in [2.45, 2.75) is 25.2 Å². The van der Waals surface area contributed by atoms with E-state index in [1.807, 2.05) is 0 Å². The van der Waals surface area contributed by atoms with Gasteiger partial charge in [0.15, 0.2) is 0 Å². The molecule has 0 bridgehead atoms. The normalized spacial score (nSPS) is 20.1. The molecule has 0 aliphatic rings. The summed E-state index contributed by atoms with van der Waals surface area (Å²) < 4.78 is 4.71. The summed E-state index contributed by atoms with van der Waals surface area (Å²) in [4.78, 5) is 0. The minimum atomic E-state index is -1.12. The van der Waals surface area contributed by atoms with E-state index >= 15 is 0 Å². The molecule has 0 aromatic rings. The molecule has 0 rings (SSSR count). The maximum absolute atomic E-state index is 9.05. The van der Waals surface area contributed by atoms with Crippen LogP contribution in [0.3, 0.4) is 0 Å². The van der Waals surface area contributed by atoms with Crippen LogP contribution in [0.25, 0.3) is 0 Å². The Bertz CT molecular complexity index is 75.8. The summed E-state index contributed by atoms with van der Waals surface area (Å²) in [5.41, 5.74) is 0. The van der Waals surface area contributed by atoms with Crippen LogP contribution in [0.2, 0.25) is 0 Å². The first kappa shape index (κ1) is 9.84. The Balaban J connectivity index is 3.69. The highest BCUT2D eigenvalue weighted by molar-refractivity contribution is 4.71. The Labute approximate surface area is 60.1 Å². The minimum Gasteiger partial charge on any atom is -0.394 e. The second kappa shape index (κ2) is 4.62. The van der Waals surface area contributed by atoms with Crippen molar-refractivity contribution in [1.29, 1.82) is 0 Å². The first-order chi connectivity index (χ1) is 4.63. The lowest BCUT2D eigenvalue weighted by molar-refractivity contribution is -0.0827. The molecule has 0 saturated carbocycles. The lowest BCUT2D eigenvalue weighted by atomic mass is 10.1. The number of aliphatic hydroxyl groups excluding tert-OH is 3. The highest BCUT2D eigenvalue weighted by Crippen LogP contribution is 2.01. The van der Waals surface area contributed by atoms with Gasteiger partial charge in [-0.2, -0.15) is 0 Å². The van der Waals surface area contributed by atoms with Gasteiger partial charge in [-0.25, -0.2) is 0 Å². The topological polar surface area (TPSA) is 69.9 Å². The molecule has 0 aromatic heterocycles. The molecule has 0 amide bonds. The SMILES string of the molecule is CO[C@@H](C)[C@H](O)[C@H](O)CO. The standard InChI is InChI=1S/C6H14O4/c1-4(10-2)6(9)5(8)3-7/h4-9H,3H2,1-2H3/t4-,5+,6-/m0/s1. The summed E-state index contributed by atoms with van der Waals surface area (Å²) >= 11 is 0. The molecule has 0 heterocycles. The summed E-state index contributed by atoms with van der Waals surface area (Å²) in [7, 11) is 1.43. The van der Waals surface area contributed by atoms with Crippen molar-refractivity contribution < 1.29 is 20.1 Å². The van der Waals surface area contributed by atoms with Crippen LogP contribution >= 0.6 is 0 Å². The van der Waals surface area contributed by atoms with Gasteiger partial charge < -0.3 is 20.1 Å². The van der Waals surface area contributed by atoms with Crippen LogP contribution < -0.4 is 0 Å². The summed E-state index contributed by atoms with van der Waals surface area (Å²) in [5, 5.41) is 26.3. The Kier molecular flexibility index (Phi) is 4.55. The fourth-order valence-electron chi connectivity index (χ4n) is 0.560. The first-order valence-corrected chi connectivity index (χ1v) is 3.13. The van der Waals surface area contributed by atoms with Crippen molar-refractivity contribution in [1.82, 2.24) is 0 Å². The largest absolute Gasteiger partial charge is 0.394 e. The molecule has 0 unspecified atom stereocenters. The molecule has 3 N–H and O–H groups in total.